The van der Waals surface area contributed by atoms with Crippen LogP contribution in [0.1, 0.15) is 56.6 Å². The van der Waals surface area contributed by atoms with Gasteiger partial charge in [0.2, 0.25) is 0 Å². The summed E-state index contributed by atoms with van der Waals surface area (Å²) in [5.74, 6) is 3.26. The van der Waals surface area contributed by atoms with Crippen molar-refractivity contribution < 1.29 is 0 Å². The molecule has 1 aliphatic rings. The molecule has 2 atom stereocenters. The minimum Gasteiger partial charge on any atom is -0.313 e. The fraction of sp³-hybridized carbons (Fsp3) is 0.667. The Kier molecular flexibility index (Phi) is 6.95. The van der Waals surface area contributed by atoms with E-state index >= 15 is 0 Å². The van der Waals surface area contributed by atoms with Gasteiger partial charge in [-0.3, -0.25) is 0 Å². The zero-order valence-corrected chi connectivity index (χ0v) is 13.8. The summed E-state index contributed by atoms with van der Waals surface area (Å²) in [5.41, 5.74) is 3.23. The molecule has 1 N–H and O–H groups in total. The summed E-state index contributed by atoms with van der Waals surface area (Å²) in [6.45, 7) is 5.67. The van der Waals surface area contributed by atoms with E-state index in [1.165, 1.54) is 43.6 Å². The predicted molar refractivity (Wildman–Crippen MR) is 91.8 cm³/mol. The van der Waals surface area contributed by atoms with E-state index in [1.54, 1.807) is 11.1 Å². The molecule has 0 radical (unpaired) electrons. The third-order valence-corrected chi connectivity index (χ3v) is 5.32. The van der Waals surface area contributed by atoms with Gasteiger partial charge in [-0.15, -0.1) is 0 Å². The topological polar surface area (TPSA) is 12.0 Å². The molecule has 0 saturated heterocycles. The summed E-state index contributed by atoms with van der Waals surface area (Å²) in [7, 11) is 0. The summed E-state index contributed by atoms with van der Waals surface area (Å²) >= 11 is 2.07. The number of hydrogen-bond donors (Lipinski definition) is 1. The number of fused-ring (bicyclic) bond motifs is 1. The van der Waals surface area contributed by atoms with Gasteiger partial charge in [0.15, 0.2) is 0 Å². The van der Waals surface area contributed by atoms with Crippen LogP contribution in [0.15, 0.2) is 24.3 Å². The molecule has 2 heteroatoms. The van der Waals surface area contributed by atoms with E-state index in [0.717, 1.165) is 12.5 Å². The van der Waals surface area contributed by atoms with Gasteiger partial charge in [-0.25, -0.2) is 0 Å². The van der Waals surface area contributed by atoms with Crippen LogP contribution in [0.4, 0.5) is 0 Å². The molecular formula is C18H29NS. The van der Waals surface area contributed by atoms with Crippen molar-refractivity contribution in [2.75, 3.05) is 18.1 Å². The number of benzene rings is 1. The highest BCUT2D eigenvalue weighted by Crippen LogP contribution is 2.35. The van der Waals surface area contributed by atoms with Gasteiger partial charge < -0.3 is 5.32 Å². The lowest BCUT2D eigenvalue weighted by molar-refractivity contribution is 0.434. The molecule has 0 aromatic heterocycles. The SMILES string of the molecule is CCCNC(CSCC)CC1CCCc2ccccc21. The van der Waals surface area contributed by atoms with Crippen LogP contribution in [0.2, 0.25) is 0 Å². The molecule has 2 unspecified atom stereocenters. The Morgan fingerprint density at radius 3 is 2.95 bits per heavy atom. The van der Waals surface area contributed by atoms with Gasteiger partial charge >= 0.3 is 0 Å². The van der Waals surface area contributed by atoms with E-state index in [1.807, 2.05) is 0 Å². The molecule has 20 heavy (non-hydrogen) atoms. The molecule has 0 spiro atoms. The lowest BCUT2D eigenvalue weighted by Crippen LogP contribution is -2.34. The number of thioether (sulfide) groups is 1. The first-order valence-electron chi connectivity index (χ1n) is 8.24. The van der Waals surface area contributed by atoms with Gasteiger partial charge in [0.25, 0.3) is 0 Å². The molecule has 0 heterocycles. The third kappa shape index (κ3) is 4.53. The highest BCUT2D eigenvalue weighted by molar-refractivity contribution is 7.99. The van der Waals surface area contributed by atoms with Crippen molar-refractivity contribution in [1.29, 1.82) is 0 Å². The molecule has 0 saturated carbocycles. The highest BCUT2D eigenvalue weighted by atomic mass is 32.2. The maximum atomic E-state index is 3.76. The van der Waals surface area contributed by atoms with Gasteiger partial charge in [-0.2, -0.15) is 11.8 Å². The van der Waals surface area contributed by atoms with E-state index in [0.29, 0.717) is 6.04 Å². The first kappa shape index (κ1) is 15.9. The van der Waals surface area contributed by atoms with Gasteiger partial charge in [-0.1, -0.05) is 38.1 Å². The van der Waals surface area contributed by atoms with Gasteiger partial charge in [-0.05, 0) is 61.4 Å². The molecule has 1 aromatic carbocycles. The van der Waals surface area contributed by atoms with E-state index in [2.05, 4.69) is 55.2 Å². The Labute approximate surface area is 128 Å². The number of aryl methyl sites for hydroxylation is 1. The van der Waals surface area contributed by atoms with Gasteiger partial charge in [0, 0.05) is 11.8 Å². The third-order valence-electron chi connectivity index (χ3n) is 4.27. The molecule has 112 valence electrons. The minimum absolute atomic E-state index is 0.677. The summed E-state index contributed by atoms with van der Waals surface area (Å²) in [6.07, 6.45) is 6.56. The molecule has 1 aromatic rings. The number of hydrogen-bond acceptors (Lipinski definition) is 2. The molecule has 1 nitrogen and oxygen atoms in total. The van der Waals surface area contributed by atoms with Crippen LogP contribution < -0.4 is 5.32 Å². The molecule has 2 rings (SSSR count). The van der Waals surface area contributed by atoms with Gasteiger partial charge in [0.05, 0.1) is 0 Å². The minimum atomic E-state index is 0.677. The van der Waals surface area contributed by atoms with Crippen LogP contribution in [0.5, 0.6) is 0 Å². The molecule has 0 fully saturated rings. The Hall–Kier alpha value is -0.470. The first-order chi connectivity index (χ1) is 9.85. The van der Waals surface area contributed by atoms with E-state index in [9.17, 15) is 0 Å². The number of nitrogens with one attached hydrogen (secondary N) is 1. The normalized spacial score (nSPS) is 19.6. The molecule has 0 aliphatic heterocycles. The molecule has 0 bridgehead atoms. The monoisotopic (exact) mass is 291 g/mol. The van der Waals surface area contributed by atoms with Crippen molar-refractivity contribution in [3.63, 3.8) is 0 Å². The van der Waals surface area contributed by atoms with Crippen LogP contribution in [-0.2, 0) is 6.42 Å². The molecule has 0 amide bonds. The van der Waals surface area contributed by atoms with Crippen molar-refractivity contribution in [1.82, 2.24) is 5.32 Å². The van der Waals surface area contributed by atoms with Crippen molar-refractivity contribution in [3.8, 4) is 0 Å². The summed E-state index contributed by atoms with van der Waals surface area (Å²) in [5, 5.41) is 3.76. The van der Waals surface area contributed by atoms with Crippen LogP contribution >= 0.6 is 11.8 Å². The standard InChI is InChI=1S/C18H29NS/c1-3-12-19-17(14-20-4-2)13-16-10-7-9-15-8-5-6-11-18(15)16/h5-6,8,11,16-17,19H,3-4,7,9-10,12-14H2,1-2H3. The average Bonchev–Trinajstić information content (AvgIpc) is 2.50. The van der Waals surface area contributed by atoms with E-state index in [-0.39, 0.29) is 0 Å². The molecular weight excluding hydrogens is 262 g/mol. The fourth-order valence-electron chi connectivity index (χ4n) is 3.26. The van der Waals surface area contributed by atoms with Gasteiger partial charge in [0.1, 0.15) is 0 Å². The summed E-state index contributed by atoms with van der Waals surface area (Å²) < 4.78 is 0. The maximum Gasteiger partial charge on any atom is 0.0164 e. The largest absolute Gasteiger partial charge is 0.313 e. The number of rotatable bonds is 8. The lowest BCUT2D eigenvalue weighted by Gasteiger charge is -2.29. The second kappa shape index (κ2) is 8.74. The zero-order valence-electron chi connectivity index (χ0n) is 13.0. The second-order valence-corrected chi connectivity index (χ2v) is 7.15. The van der Waals surface area contributed by atoms with Crippen LogP contribution in [0.25, 0.3) is 0 Å². The van der Waals surface area contributed by atoms with E-state index in [4.69, 9.17) is 0 Å². The first-order valence-corrected chi connectivity index (χ1v) is 9.39. The predicted octanol–water partition coefficient (Wildman–Crippen LogP) is 4.62. The van der Waals surface area contributed by atoms with Crippen LogP contribution in [-0.4, -0.2) is 24.1 Å². The van der Waals surface area contributed by atoms with Crippen LogP contribution in [0.3, 0.4) is 0 Å². The fourth-order valence-corrected chi connectivity index (χ4v) is 4.04. The maximum absolute atomic E-state index is 3.76. The van der Waals surface area contributed by atoms with Crippen molar-refractivity contribution in [2.45, 2.75) is 57.9 Å². The Morgan fingerprint density at radius 2 is 2.15 bits per heavy atom. The van der Waals surface area contributed by atoms with Crippen molar-refractivity contribution in [2.24, 2.45) is 0 Å². The average molecular weight is 292 g/mol. The van der Waals surface area contributed by atoms with Crippen molar-refractivity contribution >= 4 is 11.8 Å². The Morgan fingerprint density at radius 1 is 1.30 bits per heavy atom. The second-order valence-electron chi connectivity index (χ2n) is 5.83. The van der Waals surface area contributed by atoms with Crippen molar-refractivity contribution in [3.05, 3.63) is 35.4 Å². The summed E-state index contributed by atoms with van der Waals surface area (Å²) in [4.78, 5) is 0. The molecule has 1 aliphatic carbocycles. The lowest BCUT2D eigenvalue weighted by atomic mass is 9.80. The Bertz CT molecular complexity index is 383. The Balaban J connectivity index is 1.99. The van der Waals surface area contributed by atoms with Crippen LogP contribution in [0, 0.1) is 0 Å². The smallest absolute Gasteiger partial charge is 0.0164 e. The van der Waals surface area contributed by atoms with E-state index < -0.39 is 0 Å². The quantitative estimate of drug-likeness (QED) is 0.750. The zero-order chi connectivity index (χ0) is 14.2. The summed E-state index contributed by atoms with van der Waals surface area (Å²) in [6, 6.07) is 9.78. The highest BCUT2D eigenvalue weighted by Gasteiger charge is 2.22.